The number of nitrogens with zero attached hydrogens (tertiary/aromatic N) is 1. The van der Waals surface area contributed by atoms with Crippen LogP contribution in [0.15, 0.2) is 72.9 Å². The summed E-state index contributed by atoms with van der Waals surface area (Å²) in [4.78, 5) is 0. The zero-order chi connectivity index (χ0) is 23.3. The molecule has 4 heteroatoms. The molecule has 0 aliphatic heterocycles. The van der Waals surface area contributed by atoms with Crippen LogP contribution in [0.4, 0.5) is 4.39 Å². The van der Waals surface area contributed by atoms with E-state index >= 15 is 0 Å². The topological polar surface area (TPSA) is 33.3 Å². The monoisotopic (exact) mass is 432 g/mol. The van der Waals surface area contributed by atoms with Gasteiger partial charge in [-0.3, -0.25) is 5.21 Å². The highest BCUT2D eigenvalue weighted by Gasteiger charge is 2.25. The van der Waals surface area contributed by atoms with Crippen molar-refractivity contribution in [3.63, 3.8) is 0 Å². The lowest BCUT2D eigenvalue weighted by atomic mass is 9.92. The van der Waals surface area contributed by atoms with Gasteiger partial charge in [0.15, 0.2) is 0 Å². The smallest absolute Gasteiger partial charge is 0.245 e. The standard InChI is InChI=1S/C26H25FNO2.C2H6/c1-17(2)26-25(20-9-12-24(27)18(3)13-20)23-11-10-22(14-21(23)15-28(26)29)30-16-19-7-5-4-6-8-19;1-2/h4-15,17,29H,16H2,1-3H3;1-2H3/q+1;. The van der Waals surface area contributed by atoms with Gasteiger partial charge in [-0.2, -0.15) is 0 Å². The number of hydrogen-bond acceptors (Lipinski definition) is 2. The minimum Gasteiger partial charge on any atom is -0.489 e. The summed E-state index contributed by atoms with van der Waals surface area (Å²) >= 11 is 0. The van der Waals surface area contributed by atoms with Crippen LogP contribution in [0, 0.1) is 12.7 Å². The number of fused-ring (bicyclic) bond motifs is 1. The Labute approximate surface area is 189 Å². The van der Waals surface area contributed by atoms with E-state index in [-0.39, 0.29) is 11.7 Å². The second-order valence-electron chi connectivity index (χ2n) is 7.88. The van der Waals surface area contributed by atoms with E-state index in [0.717, 1.165) is 38.9 Å². The molecule has 3 aromatic carbocycles. The zero-order valence-corrected chi connectivity index (χ0v) is 19.4. The lowest BCUT2D eigenvalue weighted by molar-refractivity contribution is -0.909. The summed E-state index contributed by atoms with van der Waals surface area (Å²) in [5, 5.41) is 12.6. The van der Waals surface area contributed by atoms with Crippen LogP contribution in [0.2, 0.25) is 0 Å². The van der Waals surface area contributed by atoms with Crippen molar-refractivity contribution >= 4 is 10.8 Å². The van der Waals surface area contributed by atoms with Crippen molar-refractivity contribution in [3.8, 4) is 16.9 Å². The van der Waals surface area contributed by atoms with Crippen molar-refractivity contribution in [2.24, 2.45) is 0 Å². The van der Waals surface area contributed by atoms with E-state index in [1.807, 2.05) is 82.3 Å². The first-order chi connectivity index (χ1) is 15.4. The van der Waals surface area contributed by atoms with Crippen molar-refractivity contribution in [3.05, 3.63) is 95.6 Å². The lowest BCUT2D eigenvalue weighted by Gasteiger charge is -2.14. The molecule has 4 rings (SSSR count). The van der Waals surface area contributed by atoms with E-state index < -0.39 is 0 Å². The summed E-state index contributed by atoms with van der Waals surface area (Å²) in [6.07, 6.45) is 1.71. The number of aromatic nitrogens is 1. The van der Waals surface area contributed by atoms with Gasteiger partial charge in [0.25, 0.3) is 0 Å². The molecule has 0 fully saturated rings. The number of hydrogen-bond donors (Lipinski definition) is 1. The summed E-state index contributed by atoms with van der Waals surface area (Å²) < 4.78 is 21.0. The Morgan fingerprint density at radius 1 is 0.969 bits per heavy atom. The number of benzene rings is 3. The molecule has 3 nitrogen and oxygen atoms in total. The van der Waals surface area contributed by atoms with Gasteiger partial charge in [-0.1, -0.05) is 64.1 Å². The predicted molar refractivity (Wildman–Crippen MR) is 128 cm³/mol. The number of rotatable bonds is 5. The third kappa shape index (κ3) is 4.91. The van der Waals surface area contributed by atoms with Gasteiger partial charge in [0.2, 0.25) is 11.9 Å². The maximum absolute atomic E-state index is 13.9. The SMILES string of the molecule is CC.Cc1cc(-c2c(C(C)C)[n+](O)cc3cc(OCc4ccccc4)ccc23)ccc1F. The molecule has 1 heterocycles. The maximum Gasteiger partial charge on any atom is 0.245 e. The fraction of sp³-hybridized carbons (Fsp3) is 0.250. The van der Waals surface area contributed by atoms with Gasteiger partial charge in [-0.25, -0.2) is 4.39 Å². The van der Waals surface area contributed by atoms with E-state index in [0.29, 0.717) is 12.2 Å². The highest BCUT2D eigenvalue weighted by Crippen LogP contribution is 2.35. The predicted octanol–water partition coefficient (Wildman–Crippen LogP) is 7.21. The van der Waals surface area contributed by atoms with E-state index in [9.17, 15) is 9.60 Å². The molecule has 0 atom stereocenters. The second-order valence-corrected chi connectivity index (χ2v) is 7.88. The molecule has 4 aromatic rings. The molecule has 0 bridgehead atoms. The third-order valence-electron chi connectivity index (χ3n) is 5.30. The van der Waals surface area contributed by atoms with Crippen LogP contribution in [-0.4, -0.2) is 5.21 Å². The molecule has 32 heavy (non-hydrogen) atoms. The lowest BCUT2D eigenvalue weighted by Crippen LogP contribution is -2.36. The van der Waals surface area contributed by atoms with Crippen molar-refractivity contribution in [1.82, 2.24) is 0 Å². The Kier molecular flexibility index (Phi) is 7.47. The van der Waals surface area contributed by atoms with Gasteiger partial charge in [0.1, 0.15) is 18.2 Å². The Morgan fingerprint density at radius 2 is 1.69 bits per heavy atom. The quantitative estimate of drug-likeness (QED) is 0.267. The number of ether oxygens (including phenoxy) is 1. The summed E-state index contributed by atoms with van der Waals surface area (Å²) in [6, 6.07) is 20.9. The van der Waals surface area contributed by atoms with E-state index in [1.165, 1.54) is 10.8 Å². The number of pyridine rings is 1. The molecule has 0 aliphatic rings. The fourth-order valence-corrected chi connectivity index (χ4v) is 3.82. The third-order valence-corrected chi connectivity index (χ3v) is 5.30. The molecule has 0 unspecified atom stereocenters. The molecular formula is C28H31FNO2+. The first kappa shape index (κ1) is 23.3. The van der Waals surface area contributed by atoms with Crippen LogP contribution in [0.3, 0.4) is 0 Å². The van der Waals surface area contributed by atoms with E-state index in [2.05, 4.69) is 0 Å². The van der Waals surface area contributed by atoms with Gasteiger partial charge in [0, 0.05) is 16.0 Å². The Morgan fingerprint density at radius 3 is 2.34 bits per heavy atom. The van der Waals surface area contributed by atoms with Crippen LogP contribution in [0.1, 0.15) is 50.4 Å². The summed E-state index contributed by atoms with van der Waals surface area (Å²) in [6.45, 7) is 10.3. The Balaban J connectivity index is 0.00000141. The normalized spacial score (nSPS) is 10.7. The van der Waals surface area contributed by atoms with Crippen molar-refractivity contribution in [2.75, 3.05) is 0 Å². The first-order valence-electron chi connectivity index (χ1n) is 11.1. The molecule has 166 valence electrons. The Hall–Kier alpha value is -3.40. The van der Waals surface area contributed by atoms with E-state index in [4.69, 9.17) is 4.74 Å². The van der Waals surface area contributed by atoms with Gasteiger partial charge in [0.05, 0.1) is 10.9 Å². The van der Waals surface area contributed by atoms with Gasteiger partial charge < -0.3 is 4.74 Å². The van der Waals surface area contributed by atoms with E-state index in [1.54, 1.807) is 19.2 Å². The highest BCUT2D eigenvalue weighted by atomic mass is 19.1. The van der Waals surface area contributed by atoms with Gasteiger partial charge in [-0.05, 0) is 53.9 Å². The minimum absolute atomic E-state index is 0.0776. The van der Waals surface area contributed by atoms with Crippen molar-refractivity contribution < 1.29 is 19.1 Å². The van der Waals surface area contributed by atoms with Crippen LogP contribution in [0.5, 0.6) is 5.75 Å². The number of halogens is 1. The molecule has 0 aliphatic carbocycles. The van der Waals surface area contributed by atoms with Crippen molar-refractivity contribution in [2.45, 2.75) is 47.1 Å². The van der Waals surface area contributed by atoms with Crippen LogP contribution < -0.4 is 9.47 Å². The second kappa shape index (κ2) is 10.3. The molecule has 0 radical (unpaired) electrons. The number of aryl methyl sites for hydroxylation is 1. The van der Waals surface area contributed by atoms with Crippen LogP contribution >= 0.6 is 0 Å². The molecule has 0 amide bonds. The summed E-state index contributed by atoms with van der Waals surface area (Å²) in [7, 11) is 0. The average molecular weight is 433 g/mol. The molecule has 1 aromatic heterocycles. The molecule has 0 saturated carbocycles. The highest BCUT2D eigenvalue weighted by molar-refractivity contribution is 5.97. The largest absolute Gasteiger partial charge is 0.489 e. The fourth-order valence-electron chi connectivity index (χ4n) is 3.82. The molecule has 0 saturated heterocycles. The summed E-state index contributed by atoms with van der Waals surface area (Å²) in [5.41, 5.74) is 4.23. The molecular weight excluding hydrogens is 401 g/mol. The van der Waals surface area contributed by atoms with Gasteiger partial charge in [-0.15, -0.1) is 0 Å². The van der Waals surface area contributed by atoms with Crippen LogP contribution in [-0.2, 0) is 6.61 Å². The summed E-state index contributed by atoms with van der Waals surface area (Å²) in [5.74, 6) is 0.567. The first-order valence-corrected chi connectivity index (χ1v) is 11.1. The van der Waals surface area contributed by atoms with Crippen molar-refractivity contribution in [1.29, 1.82) is 0 Å². The molecule has 0 spiro atoms. The zero-order valence-electron chi connectivity index (χ0n) is 19.4. The maximum atomic E-state index is 13.9. The average Bonchev–Trinajstić information content (AvgIpc) is 2.80. The van der Waals surface area contributed by atoms with Crippen LogP contribution in [0.25, 0.3) is 21.9 Å². The molecule has 1 N–H and O–H groups in total. The minimum atomic E-state index is -0.237. The van der Waals surface area contributed by atoms with Gasteiger partial charge >= 0.3 is 0 Å². The Bertz CT molecular complexity index is 1200.